The van der Waals surface area contributed by atoms with Gasteiger partial charge in [-0.1, -0.05) is 18.2 Å². The molecule has 0 saturated heterocycles. The average Bonchev–Trinajstić information content (AvgIpc) is 2.18. The lowest BCUT2D eigenvalue weighted by molar-refractivity contribution is -0.102. The number of benzene rings is 1. The molecule has 0 aromatic heterocycles. The van der Waals surface area contributed by atoms with Crippen molar-refractivity contribution in [2.75, 3.05) is 0 Å². The van der Waals surface area contributed by atoms with E-state index in [0.717, 1.165) is 0 Å². The van der Waals surface area contributed by atoms with Gasteiger partial charge in [0.25, 0.3) is 0 Å². The standard InChI is InChI=1S/C8H7NO3S/c9-8(6-10)13(11,12)7-4-2-1-3-5-7/h1-6,9H. The topological polar surface area (TPSA) is 75.1 Å². The van der Waals surface area contributed by atoms with Crippen LogP contribution < -0.4 is 0 Å². The van der Waals surface area contributed by atoms with Gasteiger partial charge in [0.2, 0.25) is 9.84 Å². The summed E-state index contributed by atoms with van der Waals surface area (Å²) in [6.07, 6.45) is 0.0162. The monoisotopic (exact) mass is 197 g/mol. The molecular weight excluding hydrogens is 190 g/mol. The maximum absolute atomic E-state index is 11.3. The van der Waals surface area contributed by atoms with Crippen LogP contribution in [0.25, 0.3) is 0 Å². The van der Waals surface area contributed by atoms with Crippen LogP contribution in [0.2, 0.25) is 0 Å². The van der Waals surface area contributed by atoms with Gasteiger partial charge in [-0.25, -0.2) is 8.42 Å². The fraction of sp³-hybridized carbons (Fsp3) is 0. The second-order valence-corrected chi connectivity index (χ2v) is 4.22. The molecular formula is C8H7NO3S. The van der Waals surface area contributed by atoms with E-state index in [-0.39, 0.29) is 11.2 Å². The Bertz CT molecular complexity index is 422. The molecule has 13 heavy (non-hydrogen) atoms. The number of sulfone groups is 1. The molecule has 0 saturated carbocycles. The second kappa shape index (κ2) is 3.49. The molecule has 0 aliphatic rings. The van der Waals surface area contributed by atoms with Crippen LogP contribution in [0.1, 0.15) is 0 Å². The number of aldehydes is 1. The summed E-state index contributed by atoms with van der Waals surface area (Å²) in [4.78, 5) is 10.1. The first-order chi connectivity index (χ1) is 6.09. The largest absolute Gasteiger partial charge is 0.295 e. The normalized spacial score (nSPS) is 10.8. The van der Waals surface area contributed by atoms with Gasteiger partial charge in [-0.3, -0.25) is 10.2 Å². The number of hydrogen-bond donors (Lipinski definition) is 1. The van der Waals surface area contributed by atoms with Crippen molar-refractivity contribution in [1.82, 2.24) is 0 Å². The summed E-state index contributed by atoms with van der Waals surface area (Å²) in [5.74, 6) is 0. The number of carbonyl (C=O) groups excluding carboxylic acids is 1. The first-order valence-electron chi connectivity index (χ1n) is 3.43. The van der Waals surface area contributed by atoms with Crippen molar-refractivity contribution in [3.63, 3.8) is 0 Å². The Kier molecular flexibility index (Phi) is 2.57. The van der Waals surface area contributed by atoms with Crippen molar-refractivity contribution in [3.8, 4) is 0 Å². The molecule has 0 fully saturated rings. The number of hydrogen-bond acceptors (Lipinski definition) is 4. The van der Waals surface area contributed by atoms with Crippen molar-refractivity contribution in [2.24, 2.45) is 0 Å². The first kappa shape index (κ1) is 9.60. The summed E-state index contributed by atoms with van der Waals surface area (Å²) in [7, 11) is -3.87. The summed E-state index contributed by atoms with van der Waals surface area (Å²) >= 11 is 0. The lowest BCUT2D eigenvalue weighted by atomic mass is 10.4. The predicted octanol–water partition coefficient (Wildman–Crippen LogP) is 0.636. The second-order valence-electron chi connectivity index (χ2n) is 2.30. The minimum absolute atomic E-state index is 0.0162. The zero-order valence-corrected chi connectivity index (χ0v) is 7.41. The molecule has 0 atom stereocenters. The van der Waals surface area contributed by atoms with Crippen molar-refractivity contribution in [3.05, 3.63) is 30.3 Å². The van der Waals surface area contributed by atoms with E-state index >= 15 is 0 Å². The third-order valence-electron chi connectivity index (χ3n) is 1.45. The van der Waals surface area contributed by atoms with Gasteiger partial charge in [-0.15, -0.1) is 0 Å². The molecule has 5 heteroatoms. The molecule has 68 valence electrons. The van der Waals surface area contributed by atoms with Crippen LogP contribution in [-0.2, 0) is 14.6 Å². The van der Waals surface area contributed by atoms with Crippen molar-refractivity contribution < 1.29 is 13.2 Å². The van der Waals surface area contributed by atoms with Crippen LogP contribution in [0, 0.1) is 5.41 Å². The maximum atomic E-state index is 11.3. The van der Waals surface area contributed by atoms with E-state index in [0.29, 0.717) is 0 Å². The third kappa shape index (κ3) is 1.81. The molecule has 0 spiro atoms. The van der Waals surface area contributed by atoms with E-state index in [2.05, 4.69) is 0 Å². The highest BCUT2D eigenvalue weighted by Gasteiger charge is 2.19. The Balaban J connectivity index is 3.24. The van der Waals surface area contributed by atoms with Gasteiger partial charge < -0.3 is 0 Å². The van der Waals surface area contributed by atoms with Crippen molar-refractivity contribution in [2.45, 2.75) is 4.90 Å². The Morgan fingerprint density at radius 1 is 1.23 bits per heavy atom. The van der Waals surface area contributed by atoms with Crippen molar-refractivity contribution in [1.29, 1.82) is 5.41 Å². The highest BCUT2D eigenvalue weighted by molar-refractivity contribution is 8.08. The van der Waals surface area contributed by atoms with E-state index in [1.54, 1.807) is 6.07 Å². The molecule has 0 aliphatic heterocycles. The maximum Gasteiger partial charge on any atom is 0.226 e. The van der Waals surface area contributed by atoms with Gasteiger partial charge in [0, 0.05) is 0 Å². The summed E-state index contributed by atoms with van der Waals surface area (Å²) in [6.45, 7) is 0. The molecule has 1 aromatic rings. The lowest BCUT2D eigenvalue weighted by Crippen LogP contribution is -2.14. The molecule has 0 aliphatic carbocycles. The lowest BCUT2D eigenvalue weighted by Gasteiger charge is -1.98. The molecule has 4 nitrogen and oxygen atoms in total. The van der Waals surface area contributed by atoms with Crippen molar-refractivity contribution >= 4 is 21.2 Å². The van der Waals surface area contributed by atoms with Crippen LogP contribution in [0.4, 0.5) is 0 Å². The Labute approximate surface area is 75.6 Å². The van der Waals surface area contributed by atoms with Gasteiger partial charge in [0.15, 0.2) is 11.3 Å². The molecule has 1 aromatic carbocycles. The van der Waals surface area contributed by atoms with Gasteiger partial charge in [0.1, 0.15) is 0 Å². The minimum Gasteiger partial charge on any atom is -0.295 e. The molecule has 1 rings (SSSR count). The van der Waals surface area contributed by atoms with E-state index in [1.807, 2.05) is 0 Å². The third-order valence-corrected chi connectivity index (χ3v) is 3.02. The van der Waals surface area contributed by atoms with E-state index in [1.165, 1.54) is 24.3 Å². The summed E-state index contributed by atoms with van der Waals surface area (Å²) < 4.78 is 22.6. The summed E-state index contributed by atoms with van der Waals surface area (Å²) in [5.41, 5.74) is 0. The van der Waals surface area contributed by atoms with Gasteiger partial charge >= 0.3 is 0 Å². The highest BCUT2D eigenvalue weighted by atomic mass is 32.2. The van der Waals surface area contributed by atoms with Crippen LogP contribution in [0.5, 0.6) is 0 Å². The van der Waals surface area contributed by atoms with Crippen LogP contribution in [0.15, 0.2) is 35.2 Å². The van der Waals surface area contributed by atoms with Gasteiger partial charge in [0.05, 0.1) is 4.90 Å². The SMILES string of the molecule is N=C(C=O)S(=O)(=O)c1ccccc1. The smallest absolute Gasteiger partial charge is 0.226 e. The molecule has 0 amide bonds. The van der Waals surface area contributed by atoms with E-state index in [4.69, 9.17) is 5.41 Å². The number of carbonyl (C=O) groups is 1. The fourth-order valence-electron chi connectivity index (χ4n) is 0.790. The Morgan fingerprint density at radius 3 is 2.23 bits per heavy atom. The molecule has 0 bridgehead atoms. The molecule has 1 N–H and O–H groups in total. The van der Waals surface area contributed by atoms with E-state index in [9.17, 15) is 13.2 Å². The first-order valence-corrected chi connectivity index (χ1v) is 4.91. The Hall–Kier alpha value is -1.49. The predicted molar refractivity (Wildman–Crippen MR) is 47.4 cm³/mol. The van der Waals surface area contributed by atoms with Gasteiger partial charge in [-0.05, 0) is 12.1 Å². The Morgan fingerprint density at radius 2 is 1.77 bits per heavy atom. The summed E-state index contributed by atoms with van der Waals surface area (Å²) in [5, 5.41) is 6.00. The zero-order valence-electron chi connectivity index (χ0n) is 6.60. The summed E-state index contributed by atoms with van der Waals surface area (Å²) in [6, 6.07) is 7.40. The molecule has 0 heterocycles. The minimum atomic E-state index is -3.87. The van der Waals surface area contributed by atoms with Gasteiger partial charge in [-0.2, -0.15) is 0 Å². The number of rotatable bonds is 2. The zero-order chi connectivity index (χ0) is 9.90. The molecule has 0 unspecified atom stereocenters. The molecule has 0 radical (unpaired) electrons. The van der Waals surface area contributed by atoms with E-state index < -0.39 is 14.9 Å². The van der Waals surface area contributed by atoms with Crippen LogP contribution in [0.3, 0.4) is 0 Å². The quantitative estimate of drug-likeness (QED) is 0.429. The van der Waals surface area contributed by atoms with Crippen LogP contribution >= 0.6 is 0 Å². The highest BCUT2D eigenvalue weighted by Crippen LogP contribution is 2.09. The van der Waals surface area contributed by atoms with Crippen LogP contribution in [-0.4, -0.2) is 19.7 Å². The average molecular weight is 197 g/mol. The number of nitrogens with one attached hydrogen (secondary N) is 1. The fourth-order valence-corrected chi connectivity index (χ4v) is 1.69.